The molecule has 0 spiro atoms. The molecule has 0 aromatic heterocycles. The molecule has 2 aromatic carbocycles. The van der Waals surface area contributed by atoms with Crippen molar-refractivity contribution in [3.05, 3.63) is 54.6 Å². The van der Waals surface area contributed by atoms with Gasteiger partial charge in [0.2, 0.25) is 0 Å². The summed E-state index contributed by atoms with van der Waals surface area (Å²) in [6, 6.07) is 18.0. The molecule has 0 amide bonds. The Morgan fingerprint density at radius 2 is 1.61 bits per heavy atom. The van der Waals surface area contributed by atoms with E-state index in [0.29, 0.717) is 0 Å². The van der Waals surface area contributed by atoms with Gasteiger partial charge in [-0.25, -0.2) is 18.2 Å². The molecule has 98 valence electrons. The fraction of sp³-hybridized carbons (Fsp3) is 0.286. The molecule has 2 atom stereocenters. The Kier molecular flexibility index (Phi) is 6.44. The summed E-state index contributed by atoms with van der Waals surface area (Å²) >= 11 is 0. The Hall–Kier alpha value is -0.796. The van der Waals surface area contributed by atoms with E-state index in [0.717, 1.165) is 5.46 Å². The second kappa shape index (κ2) is 7.60. The molecule has 18 heavy (non-hydrogen) atoms. The number of hydrogen-bond donors (Lipinski definition) is 0. The van der Waals surface area contributed by atoms with E-state index in [9.17, 15) is 0 Å². The van der Waals surface area contributed by atoms with Gasteiger partial charge in [-0.05, 0) is 13.8 Å². The van der Waals surface area contributed by atoms with Crippen LogP contribution in [0.4, 0.5) is 0 Å². The van der Waals surface area contributed by atoms with E-state index < -0.39 is 0 Å². The second-order valence-electron chi connectivity index (χ2n) is 4.19. The molecular formula is C14H17BFeO2-2. The van der Waals surface area contributed by atoms with Crippen molar-refractivity contribution in [3.8, 4) is 0 Å². The van der Waals surface area contributed by atoms with Gasteiger partial charge >= 0.3 is 7.12 Å². The summed E-state index contributed by atoms with van der Waals surface area (Å²) in [5.74, 6) is 0. The summed E-state index contributed by atoms with van der Waals surface area (Å²) < 4.78 is 11.2. The minimum absolute atomic E-state index is 0. The minimum Gasteiger partial charge on any atom is -0.413 e. The standard InChI is InChI=1S/C9H12BO2.C5H5.Fe/c1-7-8(2)12-10(11-7)9-5-3-4-6-9;1-2-4-5-3-1;/h3-8H,1-2H3;1-5H;/q2*-1;/t7-,8+;;. The first-order chi connectivity index (χ1) is 8.27. The van der Waals surface area contributed by atoms with E-state index in [4.69, 9.17) is 9.31 Å². The van der Waals surface area contributed by atoms with Gasteiger partial charge in [-0.15, -0.1) is 0 Å². The van der Waals surface area contributed by atoms with Crippen LogP contribution in [0.25, 0.3) is 0 Å². The maximum Gasteiger partial charge on any atom is 0.406 e. The van der Waals surface area contributed by atoms with Crippen molar-refractivity contribution in [2.45, 2.75) is 26.1 Å². The van der Waals surface area contributed by atoms with Gasteiger partial charge in [0.1, 0.15) is 0 Å². The summed E-state index contributed by atoms with van der Waals surface area (Å²) in [5, 5.41) is 0. The first-order valence-corrected chi connectivity index (χ1v) is 5.96. The van der Waals surface area contributed by atoms with Crippen LogP contribution < -0.4 is 5.46 Å². The molecule has 2 aromatic rings. The molecular weight excluding hydrogens is 267 g/mol. The molecule has 1 saturated heterocycles. The fourth-order valence-corrected chi connectivity index (χ4v) is 1.67. The molecule has 0 saturated carbocycles. The average Bonchev–Trinajstić information content (AvgIpc) is 3.03. The fourth-order valence-electron chi connectivity index (χ4n) is 1.67. The van der Waals surface area contributed by atoms with Crippen LogP contribution in [0, 0.1) is 0 Å². The van der Waals surface area contributed by atoms with Crippen LogP contribution in [0.3, 0.4) is 0 Å². The average molecular weight is 284 g/mol. The van der Waals surface area contributed by atoms with Crippen molar-refractivity contribution in [3.63, 3.8) is 0 Å². The zero-order chi connectivity index (χ0) is 12.1. The van der Waals surface area contributed by atoms with Crippen LogP contribution in [-0.4, -0.2) is 19.3 Å². The topological polar surface area (TPSA) is 18.5 Å². The minimum atomic E-state index is -0.148. The van der Waals surface area contributed by atoms with Crippen LogP contribution in [-0.2, 0) is 26.4 Å². The van der Waals surface area contributed by atoms with Gasteiger partial charge in [0.15, 0.2) is 0 Å². The maximum atomic E-state index is 5.60. The predicted octanol–water partition coefficient (Wildman–Crippen LogP) is 2.33. The van der Waals surface area contributed by atoms with Crippen molar-refractivity contribution in [1.29, 1.82) is 0 Å². The van der Waals surface area contributed by atoms with Crippen LogP contribution in [0.5, 0.6) is 0 Å². The zero-order valence-electron chi connectivity index (χ0n) is 10.6. The molecule has 4 heteroatoms. The Labute approximate surface area is 120 Å². The smallest absolute Gasteiger partial charge is 0.406 e. The summed E-state index contributed by atoms with van der Waals surface area (Å²) in [4.78, 5) is 0. The Balaban J connectivity index is 0.000000230. The summed E-state index contributed by atoms with van der Waals surface area (Å²) in [6.45, 7) is 4.07. The first kappa shape index (κ1) is 15.3. The molecule has 0 aliphatic carbocycles. The SMILES string of the molecule is C[C@@H]1OB(c2cc[cH-]c2)O[C@@H]1C.[Fe].c1cc[cH-]c1. The third-order valence-corrected chi connectivity index (χ3v) is 2.85. The van der Waals surface area contributed by atoms with Gasteiger partial charge in [-0.2, -0.15) is 41.9 Å². The van der Waals surface area contributed by atoms with Gasteiger partial charge in [0.25, 0.3) is 0 Å². The zero-order valence-corrected chi connectivity index (χ0v) is 11.7. The van der Waals surface area contributed by atoms with Crippen LogP contribution in [0.15, 0.2) is 54.6 Å². The molecule has 0 bridgehead atoms. The maximum absolute atomic E-state index is 5.60. The van der Waals surface area contributed by atoms with Crippen LogP contribution in [0.2, 0.25) is 0 Å². The van der Waals surface area contributed by atoms with Crippen molar-refractivity contribution in [2.75, 3.05) is 0 Å². The first-order valence-electron chi connectivity index (χ1n) is 5.96. The Bertz CT molecular complexity index is 372. The van der Waals surface area contributed by atoms with Crippen LogP contribution in [0.1, 0.15) is 13.8 Å². The summed E-state index contributed by atoms with van der Waals surface area (Å²) in [5.41, 5.74) is 1.12. The monoisotopic (exact) mass is 284 g/mol. The normalized spacial score (nSPS) is 22.0. The van der Waals surface area contributed by atoms with Gasteiger partial charge in [0, 0.05) is 17.1 Å². The molecule has 1 aliphatic heterocycles. The van der Waals surface area contributed by atoms with Gasteiger partial charge in [-0.1, -0.05) is 0 Å². The van der Waals surface area contributed by atoms with Crippen molar-refractivity contribution in [2.24, 2.45) is 0 Å². The molecule has 0 N–H and O–H groups in total. The molecule has 2 nitrogen and oxygen atoms in total. The van der Waals surface area contributed by atoms with E-state index in [2.05, 4.69) is 0 Å². The van der Waals surface area contributed by atoms with Crippen molar-refractivity contribution in [1.82, 2.24) is 0 Å². The second-order valence-corrected chi connectivity index (χ2v) is 4.19. The van der Waals surface area contributed by atoms with Crippen molar-refractivity contribution >= 4 is 12.6 Å². The predicted molar refractivity (Wildman–Crippen MR) is 70.6 cm³/mol. The molecule has 0 unspecified atom stereocenters. The van der Waals surface area contributed by atoms with Gasteiger partial charge < -0.3 is 9.31 Å². The molecule has 1 heterocycles. The number of rotatable bonds is 1. The van der Waals surface area contributed by atoms with Gasteiger partial charge in [-0.3, -0.25) is 0 Å². The number of hydrogen-bond acceptors (Lipinski definition) is 2. The molecule has 3 rings (SSSR count). The van der Waals surface area contributed by atoms with Crippen molar-refractivity contribution < 1.29 is 26.4 Å². The molecule has 0 radical (unpaired) electrons. The Morgan fingerprint density at radius 1 is 1.00 bits per heavy atom. The van der Waals surface area contributed by atoms with E-state index in [1.54, 1.807) is 0 Å². The summed E-state index contributed by atoms with van der Waals surface area (Å²) in [6.07, 6.45) is 0.398. The third kappa shape index (κ3) is 4.15. The van der Waals surface area contributed by atoms with Crippen LogP contribution >= 0.6 is 0 Å². The van der Waals surface area contributed by atoms with E-state index in [1.807, 2.05) is 68.4 Å². The Morgan fingerprint density at radius 3 is 2.00 bits per heavy atom. The quantitative estimate of drug-likeness (QED) is 0.591. The molecule has 1 aliphatic rings. The molecule has 1 fully saturated rings. The van der Waals surface area contributed by atoms with Gasteiger partial charge in [0.05, 0.1) is 12.2 Å². The largest absolute Gasteiger partial charge is 0.413 e. The van der Waals surface area contributed by atoms with E-state index in [-0.39, 0.29) is 36.4 Å². The van der Waals surface area contributed by atoms with E-state index >= 15 is 0 Å². The van der Waals surface area contributed by atoms with E-state index in [1.165, 1.54) is 0 Å². The summed E-state index contributed by atoms with van der Waals surface area (Å²) in [7, 11) is -0.148. The third-order valence-electron chi connectivity index (χ3n) is 2.85.